The Morgan fingerprint density at radius 2 is 1.77 bits per heavy atom. The van der Waals surface area contributed by atoms with E-state index in [1.54, 1.807) is 14.2 Å². The number of nitrogens with zero attached hydrogens (tertiary/aromatic N) is 2. The Bertz CT molecular complexity index is 1040. The number of nitrogens with two attached hydrogens (primary N) is 1. The summed E-state index contributed by atoms with van der Waals surface area (Å²) in [6.07, 6.45) is 4.50. The van der Waals surface area contributed by atoms with E-state index in [-0.39, 0.29) is 11.3 Å². The first-order valence-electron chi connectivity index (χ1n) is 11.0. The van der Waals surface area contributed by atoms with Crippen molar-refractivity contribution >= 4 is 11.9 Å². The summed E-state index contributed by atoms with van der Waals surface area (Å²) in [5.41, 5.74) is 9.84. The minimum absolute atomic E-state index is 0.0243. The number of fused-ring (bicyclic) bond motifs is 4. The van der Waals surface area contributed by atoms with Crippen molar-refractivity contribution in [3.8, 4) is 5.75 Å². The van der Waals surface area contributed by atoms with Gasteiger partial charge in [0.15, 0.2) is 11.5 Å². The van der Waals surface area contributed by atoms with Gasteiger partial charge in [-0.25, -0.2) is 4.99 Å². The summed E-state index contributed by atoms with van der Waals surface area (Å²) in [6, 6.07) is 14.7. The molecule has 6 heteroatoms. The fraction of sp³-hybridized carbons (Fsp3) is 0.440. The SMILES string of the molecule is COCCOc1ccc2c(c1)C1(N=C(N)N(C)C1=O)C1(CCc3ccccc3CC1)C2. The van der Waals surface area contributed by atoms with E-state index in [9.17, 15) is 4.79 Å². The standard InChI is InChI=1S/C25H29N3O3/c1-28-22(29)25(27-23(28)26)21-15-20(31-14-13-30-2)8-7-19(21)16-24(25)11-9-17-5-3-4-6-18(17)10-12-24/h3-8,15H,9-14,16H2,1-2H3,(H2,26,27). The summed E-state index contributed by atoms with van der Waals surface area (Å²) in [7, 11) is 3.38. The second kappa shape index (κ2) is 7.38. The van der Waals surface area contributed by atoms with Crippen LogP contribution < -0.4 is 10.5 Å². The van der Waals surface area contributed by atoms with Crippen molar-refractivity contribution in [2.24, 2.45) is 16.1 Å². The van der Waals surface area contributed by atoms with Crippen molar-refractivity contribution in [2.45, 2.75) is 37.6 Å². The number of ether oxygens (including phenoxy) is 2. The summed E-state index contributed by atoms with van der Waals surface area (Å²) in [5, 5.41) is 0. The predicted octanol–water partition coefficient (Wildman–Crippen LogP) is 2.82. The number of methoxy groups -OCH3 is 1. The van der Waals surface area contributed by atoms with Gasteiger partial charge in [-0.3, -0.25) is 9.69 Å². The highest BCUT2D eigenvalue weighted by Gasteiger charge is 2.65. The van der Waals surface area contributed by atoms with E-state index in [1.807, 2.05) is 12.1 Å². The van der Waals surface area contributed by atoms with E-state index < -0.39 is 5.54 Å². The van der Waals surface area contributed by atoms with Crippen LogP contribution in [-0.4, -0.2) is 44.1 Å². The molecule has 3 aliphatic rings. The van der Waals surface area contributed by atoms with E-state index in [4.69, 9.17) is 20.2 Å². The molecule has 0 bridgehead atoms. The Balaban J connectivity index is 1.60. The molecule has 0 saturated heterocycles. The molecule has 1 unspecified atom stereocenters. The van der Waals surface area contributed by atoms with Gasteiger partial charge in [0.25, 0.3) is 5.91 Å². The smallest absolute Gasteiger partial charge is 0.262 e. The first-order chi connectivity index (χ1) is 15.0. The number of amides is 1. The third kappa shape index (κ3) is 2.88. The molecule has 162 valence electrons. The topological polar surface area (TPSA) is 77.2 Å². The van der Waals surface area contributed by atoms with E-state index in [1.165, 1.54) is 21.6 Å². The van der Waals surface area contributed by atoms with Gasteiger partial charge >= 0.3 is 0 Å². The van der Waals surface area contributed by atoms with E-state index in [0.29, 0.717) is 19.2 Å². The number of carbonyl (C=O) groups is 1. The van der Waals surface area contributed by atoms with E-state index in [0.717, 1.165) is 43.4 Å². The average molecular weight is 420 g/mol. The second-order valence-electron chi connectivity index (χ2n) is 8.93. The quantitative estimate of drug-likeness (QED) is 0.773. The van der Waals surface area contributed by atoms with Crippen LogP contribution in [0.2, 0.25) is 0 Å². The number of likely N-dealkylation sites (N-methyl/N-ethyl adjacent to an activating group) is 1. The Hall–Kier alpha value is -2.86. The molecular formula is C25H29N3O3. The van der Waals surface area contributed by atoms with Gasteiger partial charge in [0.1, 0.15) is 12.4 Å². The highest BCUT2D eigenvalue weighted by atomic mass is 16.5. The normalized spacial score (nSPS) is 23.6. The lowest BCUT2D eigenvalue weighted by Gasteiger charge is -2.40. The van der Waals surface area contributed by atoms with Crippen molar-refractivity contribution in [1.29, 1.82) is 0 Å². The number of aliphatic imine (C=N–C) groups is 1. The molecule has 2 aromatic rings. The van der Waals surface area contributed by atoms with Gasteiger partial charge < -0.3 is 15.2 Å². The first-order valence-corrected chi connectivity index (χ1v) is 11.0. The van der Waals surface area contributed by atoms with Crippen LogP contribution in [-0.2, 0) is 34.3 Å². The zero-order valence-corrected chi connectivity index (χ0v) is 18.2. The lowest BCUT2D eigenvalue weighted by Crippen LogP contribution is -2.49. The Kier molecular flexibility index (Phi) is 4.77. The van der Waals surface area contributed by atoms with Crippen molar-refractivity contribution in [3.63, 3.8) is 0 Å². The van der Waals surface area contributed by atoms with E-state index >= 15 is 0 Å². The van der Waals surface area contributed by atoms with Gasteiger partial charge in [0.05, 0.1) is 6.61 Å². The van der Waals surface area contributed by atoms with Crippen LogP contribution >= 0.6 is 0 Å². The highest BCUT2D eigenvalue weighted by Crippen LogP contribution is 2.61. The lowest BCUT2D eigenvalue weighted by molar-refractivity contribution is -0.135. The molecule has 1 amide bonds. The summed E-state index contributed by atoms with van der Waals surface area (Å²) in [6.45, 7) is 0.971. The lowest BCUT2D eigenvalue weighted by atomic mass is 9.65. The number of hydrogen-bond acceptors (Lipinski definition) is 5. The molecule has 2 aliphatic carbocycles. The van der Waals surface area contributed by atoms with E-state index in [2.05, 4.69) is 30.3 Å². The molecule has 1 heterocycles. The molecule has 6 nitrogen and oxygen atoms in total. The van der Waals surface area contributed by atoms with Crippen molar-refractivity contribution < 1.29 is 14.3 Å². The maximum Gasteiger partial charge on any atom is 0.262 e. The number of aryl methyl sites for hydroxylation is 2. The molecule has 2 aromatic carbocycles. The van der Waals surface area contributed by atoms with Crippen LogP contribution in [0.4, 0.5) is 0 Å². The fourth-order valence-electron chi connectivity index (χ4n) is 5.78. The zero-order valence-electron chi connectivity index (χ0n) is 18.2. The maximum absolute atomic E-state index is 13.8. The number of benzene rings is 2. The average Bonchev–Trinajstić information content (AvgIpc) is 3.07. The summed E-state index contributed by atoms with van der Waals surface area (Å²) >= 11 is 0. The van der Waals surface area contributed by atoms with Crippen molar-refractivity contribution in [3.05, 3.63) is 64.7 Å². The minimum atomic E-state index is -0.982. The Morgan fingerprint density at radius 3 is 2.39 bits per heavy atom. The number of carbonyl (C=O) groups excluding carboxylic acids is 1. The second-order valence-corrected chi connectivity index (χ2v) is 8.93. The molecular weight excluding hydrogens is 390 g/mol. The fourth-order valence-corrected chi connectivity index (χ4v) is 5.78. The molecule has 1 aliphatic heterocycles. The Labute approximate surface area is 183 Å². The Morgan fingerprint density at radius 1 is 1.06 bits per heavy atom. The van der Waals surface area contributed by atoms with Crippen molar-refractivity contribution in [2.75, 3.05) is 27.4 Å². The van der Waals surface area contributed by atoms with Gasteiger partial charge in [-0.05, 0) is 66.5 Å². The van der Waals surface area contributed by atoms with Crippen molar-refractivity contribution in [1.82, 2.24) is 4.90 Å². The molecule has 2 spiro atoms. The van der Waals surface area contributed by atoms with Crippen LogP contribution in [0.25, 0.3) is 0 Å². The molecule has 0 fully saturated rings. The third-order valence-corrected chi connectivity index (χ3v) is 7.43. The van der Waals surface area contributed by atoms with Gasteiger partial charge in [-0.15, -0.1) is 0 Å². The van der Waals surface area contributed by atoms with Crippen LogP contribution in [0.1, 0.15) is 35.1 Å². The molecule has 2 N–H and O–H groups in total. The van der Waals surface area contributed by atoms with Crippen LogP contribution in [0, 0.1) is 5.41 Å². The minimum Gasteiger partial charge on any atom is -0.491 e. The van der Waals surface area contributed by atoms with Gasteiger partial charge in [0, 0.05) is 19.6 Å². The molecule has 0 aromatic heterocycles. The summed E-state index contributed by atoms with van der Waals surface area (Å²) in [5.74, 6) is 1.01. The van der Waals surface area contributed by atoms with Gasteiger partial charge in [-0.1, -0.05) is 30.3 Å². The van der Waals surface area contributed by atoms with Crippen LogP contribution in [0.5, 0.6) is 5.75 Å². The van der Waals surface area contributed by atoms with Crippen LogP contribution in [0.15, 0.2) is 47.5 Å². The zero-order chi connectivity index (χ0) is 21.6. The molecule has 0 radical (unpaired) electrons. The molecule has 5 rings (SSSR count). The number of hydrogen-bond donors (Lipinski definition) is 1. The number of rotatable bonds is 4. The monoisotopic (exact) mass is 419 g/mol. The molecule has 0 saturated carbocycles. The van der Waals surface area contributed by atoms with Gasteiger partial charge in [0.2, 0.25) is 0 Å². The summed E-state index contributed by atoms with van der Waals surface area (Å²) in [4.78, 5) is 20.3. The predicted molar refractivity (Wildman–Crippen MR) is 119 cm³/mol. The first kappa shape index (κ1) is 20.1. The molecule has 31 heavy (non-hydrogen) atoms. The largest absolute Gasteiger partial charge is 0.491 e. The number of guanidine groups is 1. The maximum atomic E-state index is 13.8. The highest BCUT2D eigenvalue weighted by molar-refractivity contribution is 6.08. The van der Waals surface area contributed by atoms with Crippen LogP contribution in [0.3, 0.4) is 0 Å². The summed E-state index contributed by atoms with van der Waals surface area (Å²) < 4.78 is 11.0. The van der Waals surface area contributed by atoms with Gasteiger partial charge in [-0.2, -0.15) is 0 Å². The third-order valence-electron chi connectivity index (χ3n) is 7.43. The molecule has 1 atom stereocenters.